The lowest BCUT2D eigenvalue weighted by atomic mass is 10.0. The highest BCUT2D eigenvalue weighted by atomic mass is 16.4. The van der Waals surface area contributed by atoms with E-state index in [0.29, 0.717) is 31.4 Å². The molecule has 3 amide bonds. The number of amides is 3. The van der Waals surface area contributed by atoms with Crippen molar-refractivity contribution in [1.29, 1.82) is 0 Å². The SMILES string of the molecule is NCCCCC(N)C(=O)NC(CO)C(=O)NC(Cc1ccc(O)cc1)C(=O)NC(CCC(=O)O)C(=O)O. The van der Waals surface area contributed by atoms with Gasteiger partial charge in [0.25, 0.3) is 0 Å². The van der Waals surface area contributed by atoms with E-state index < -0.39 is 73.3 Å². The summed E-state index contributed by atoms with van der Waals surface area (Å²) in [5.41, 5.74) is 11.7. The lowest BCUT2D eigenvalue weighted by Crippen LogP contribution is -2.58. The van der Waals surface area contributed by atoms with Gasteiger partial charge in [0, 0.05) is 12.8 Å². The topological polar surface area (TPSA) is 254 Å². The molecule has 0 aliphatic rings. The Labute approximate surface area is 213 Å². The van der Waals surface area contributed by atoms with E-state index in [2.05, 4.69) is 16.0 Å². The summed E-state index contributed by atoms with van der Waals surface area (Å²) < 4.78 is 0. The minimum atomic E-state index is -1.54. The fraction of sp³-hybridized carbons (Fsp3) is 0.522. The molecule has 0 fully saturated rings. The third kappa shape index (κ3) is 11.7. The summed E-state index contributed by atoms with van der Waals surface area (Å²) in [5, 5.41) is 44.2. The van der Waals surface area contributed by atoms with Crippen LogP contribution < -0.4 is 27.4 Å². The number of carbonyl (C=O) groups excluding carboxylic acids is 3. The van der Waals surface area contributed by atoms with Gasteiger partial charge in [-0.2, -0.15) is 0 Å². The average molecular weight is 526 g/mol. The number of aliphatic carboxylic acids is 2. The van der Waals surface area contributed by atoms with Gasteiger partial charge in [0.05, 0.1) is 12.6 Å². The smallest absolute Gasteiger partial charge is 0.326 e. The van der Waals surface area contributed by atoms with E-state index in [1.165, 1.54) is 24.3 Å². The first-order chi connectivity index (χ1) is 17.5. The first kappa shape index (κ1) is 31.3. The summed E-state index contributed by atoms with van der Waals surface area (Å²) in [4.78, 5) is 60.4. The van der Waals surface area contributed by atoms with Crippen LogP contribution >= 0.6 is 0 Å². The Hall–Kier alpha value is -3.75. The largest absolute Gasteiger partial charge is 0.508 e. The molecule has 0 saturated carbocycles. The van der Waals surface area contributed by atoms with Gasteiger partial charge in [0.1, 0.15) is 23.9 Å². The van der Waals surface area contributed by atoms with Crippen LogP contribution in [-0.4, -0.2) is 87.4 Å². The number of rotatable bonds is 17. The van der Waals surface area contributed by atoms with Crippen molar-refractivity contribution in [3.63, 3.8) is 0 Å². The van der Waals surface area contributed by atoms with Gasteiger partial charge in [-0.3, -0.25) is 19.2 Å². The zero-order valence-electron chi connectivity index (χ0n) is 20.3. The van der Waals surface area contributed by atoms with Crippen LogP contribution in [0.1, 0.15) is 37.7 Å². The van der Waals surface area contributed by atoms with E-state index in [1.54, 1.807) is 0 Å². The molecule has 1 aromatic rings. The van der Waals surface area contributed by atoms with E-state index >= 15 is 0 Å². The Morgan fingerprint density at radius 3 is 1.92 bits per heavy atom. The first-order valence-electron chi connectivity index (χ1n) is 11.7. The Morgan fingerprint density at radius 2 is 1.38 bits per heavy atom. The fourth-order valence-electron chi connectivity index (χ4n) is 3.26. The number of aliphatic hydroxyl groups is 1. The zero-order valence-corrected chi connectivity index (χ0v) is 20.3. The summed E-state index contributed by atoms with van der Waals surface area (Å²) in [5.74, 6) is -5.31. The second-order valence-electron chi connectivity index (χ2n) is 8.40. The van der Waals surface area contributed by atoms with E-state index in [-0.39, 0.29) is 12.2 Å². The highest BCUT2D eigenvalue weighted by Crippen LogP contribution is 2.12. The van der Waals surface area contributed by atoms with Crippen LogP contribution in [0.15, 0.2) is 24.3 Å². The quantitative estimate of drug-likeness (QED) is 0.0985. The molecule has 0 heterocycles. The second kappa shape index (κ2) is 16.1. The monoisotopic (exact) mass is 525 g/mol. The maximum Gasteiger partial charge on any atom is 0.326 e. The normalized spacial score (nSPS) is 14.0. The van der Waals surface area contributed by atoms with Crippen LogP contribution in [0.5, 0.6) is 5.75 Å². The summed E-state index contributed by atoms with van der Waals surface area (Å²) >= 11 is 0. The number of nitrogens with one attached hydrogen (secondary N) is 3. The number of nitrogens with two attached hydrogens (primary N) is 2. The zero-order chi connectivity index (χ0) is 28.0. The van der Waals surface area contributed by atoms with Gasteiger partial charge in [0.2, 0.25) is 17.7 Å². The van der Waals surface area contributed by atoms with Crippen molar-refractivity contribution < 1.29 is 44.4 Å². The van der Waals surface area contributed by atoms with E-state index in [1.807, 2.05) is 0 Å². The lowest BCUT2D eigenvalue weighted by Gasteiger charge is -2.24. The molecule has 1 aromatic carbocycles. The molecule has 4 unspecified atom stereocenters. The number of hydrogen-bond donors (Lipinski definition) is 9. The molecule has 14 nitrogen and oxygen atoms in total. The summed E-state index contributed by atoms with van der Waals surface area (Å²) in [7, 11) is 0. The molecule has 0 bridgehead atoms. The summed E-state index contributed by atoms with van der Waals surface area (Å²) in [6.45, 7) is -0.378. The number of hydrogen-bond acceptors (Lipinski definition) is 9. The maximum absolute atomic E-state index is 12.9. The predicted molar refractivity (Wildman–Crippen MR) is 130 cm³/mol. The molecule has 206 valence electrons. The second-order valence-corrected chi connectivity index (χ2v) is 8.40. The van der Waals surface area contributed by atoms with Crippen molar-refractivity contribution >= 4 is 29.7 Å². The van der Waals surface area contributed by atoms with Crippen LogP contribution in [0.2, 0.25) is 0 Å². The minimum absolute atomic E-state index is 0.0424. The highest BCUT2D eigenvalue weighted by Gasteiger charge is 2.30. The predicted octanol–water partition coefficient (Wildman–Crippen LogP) is -2.21. The standard InChI is InChI=1S/C23H35N5O9/c24-10-2-1-3-15(25)20(33)28-18(12-29)22(35)27-17(11-13-4-6-14(30)7-5-13)21(34)26-16(23(36)37)8-9-19(31)32/h4-7,15-18,29-30H,1-3,8-12,24-25H2,(H,26,34)(H,27,35)(H,28,33)(H,31,32)(H,36,37). The number of carbonyl (C=O) groups is 5. The molecule has 0 aromatic heterocycles. The number of phenols is 1. The van der Waals surface area contributed by atoms with Crippen LogP contribution in [-0.2, 0) is 30.4 Å². The van der Waals surface area contributed by atoms with Gasteiger partial charge in [-0.1, -0.05) is 18.6 Å². The van der Waals surface area contributed by atoms with E-state index in [4.69, 9.17) is 16.6 Å². The molecule has 11 N–H and O–H groups in total. The molecule has 0 radical (unpaired) electrons. The lowest BCUT2D eigenvalue weighted by molar-refractivity contribution is -0.143. The molecule has 0 aliphatic carbocycles. The fourth-order valence-corrected chi connectivity index (χ4v) is 3.26. The molecule has 37 heavy (non-hydrogen) atoms. The van der Waals surface area contributed by atoms with E-state index in [0.717, 1.165) is 0 Å². The van der Waals surface area contributed by atoms with Crippen molar-refractivity contribution in [3.05, 3.63) is 29.8 Å². The van der Waals surface area contributed by atoms with Crippen LogP contribution in [0.4, 0.5) is 0 Å². The molecule has 0 aliphatic heterocycles. The number of unbranched alkanes of at least 4 members (excludes halogenated alkanes) is 1. The first-order valence-corrected chi connectivity index (χ1v) is 11.7. The number of carboxylic acids is 2. The Balaban J connectivity index is 3.00. The van der Waals surface area contributed by atoms with Gasteiger partial charge in [0.15, 0.2) is 0 Å². The summed E-state index contributed by atoms with van der Waals surface area (Å²) in [6.07, 6.45) is 0.491. The number of aliphatic hydroxyl groups excluding tert-OH is 1. The molecule has 0 saturated heterocycles. The third-order valence-corrected chi connectivity index (χ3v) is 5.39. The molecule has 1 rings (SSSR count). The number of carboxylic acid groups (broad SMARTS) is 2. The molecule has 4 atom stereocenters. The number of benzene rings is 1. The minimum Gasteiger partial charge on any atom is -0.508 e. The molecular formula is C23H35N5O9. The number of aromatic hydroxyl groups is 1. The molecular weight excluding hydrogens is 490 g/mol. The van der Waals surface area contributed by atoms with Gasteiger partial charge >= 0.3 is 11.9 Å². The maximum atomic E-state index is 12.9. The highest BCUT2D eigenvalue weighted by molar-refractivity contribution is 5.94. The molecule has 0 spiro atoms. The Bertz CT molecular complexity index is 926. The van der Waals surface area contributed by atoms with Crippen molar-refractivity contribution in [2.24, 2.45) is 11.5 Å². The Morgan fingerprint density at radius 1 is 0.811 bits per heavy atom. The van der Waals surface area contributed by atoms with E-state index in [9.17, 15) is 39.3 Å². The molecule has 14 heteroatoms. The third-order valence-electron chi connectivity index (χ3n) is 5.39. The van der Waals surface area contributed by atoms with Gasteiger partial charge < -0.3 is 47.8 Å². The van der Waals surface area contributed by atoms with Crippen molar-refractivity contribution in [1.82, 2.24) is 16.0 Å². The van der Waals surface area contributed by atoms with Gasteiger partial charge in [-0.15, -0.1) is 0 Å². The van der Waals surface area contributed by atoms with Crippen molar-refractivity contribution in [3.8, 4) is 5.75 Å². The van der Waals surface area contributed by atoms with Crippen LogP contribution in [0.25, 0.3) is 0 Å². The summed E-state index contributed by atoms with van der Waals surface area (Å²) in [6, 6.07) is 0.346. The van der Waals surface area contributed by atoms with Gasteiger partial charge in [-0.05, 0) is 43.5 Å². The van der Waals surface area contributed by atoms with Crippen molar-refractivity contribution in [2.75, 3.05) is 13.2 Å². The van der Waals surface area contributed by atoms with Crippen molar-refractivity contribution in [2.45, 2.75) is 62.7 Å². The van der Waals surface area contributed by atoms with Gasteiger partial charge in [-0.25, -0.2) is 4.79 Å². The van der Waals surface area contributed by atoms with Crippen LogP contribution in [0, 0.1) is 0 Å². The van der Waals surface area contributed by atoms with Crippen LogP contribution in [0.3, 0.4) is 0 Å². The Kier molecular flexibility index (Phi) is 13.6. The number of phenolic OH excluding ortho intramolecular Hbond substituents is 1. The average Bonchev–Trinajstić information content (AvgIpc) is 2.85.